The molecule has 0 amide bonds. The van der Waals surface area contributed by atoms with Gasteiger partial charge in [0.25, 0.3) is 5.56 Å². The van der Waals surface area contributed by atoms with Crippen molar-refractivity contribution in [2.75, 3.05) is 0 Å². The summed E-state index contributed by atoms with van der Waals surface area (Å²) < 4.78 is 21.6. The number of hydrogen-bond acceptors (Lipinski definition) is 6. The minimum atomic E-state index is -1.90. The number of cyclic esters (lactones) is 1. The number of ether oxygens (including phenoxy) is 1. The quantitative estimate of drug-likeness (QED) is 0.391. The molecule has 6 rings (SSSR count). The number of aromatic nitrogens is 2. The second-order valence-corrected chi connectivity index (χ2v) is 11.4. The number of nitrogens with zero attached hydrogens (tertiary/aromatic N) is 2. The molecule has 1 unspecified atom stereocenters. The Balaban J connectivity index is 1.67. The highest BCUT2D eigenvalue weighted by atomic mass is 35.5. The molecular weight excluding hydrogens is 485 g/mol. The zero-order valence-electron chi connectivity index (χ0n) is 20.6. The van der Waals surface area contributed by atoms with Crippen LogP contribution in [0.25, 0.3) is 22.3 Å². The van der Waals surface area contributed by atoms with Crippen molar-refractivity contribution in [3.63, 3.8) is 0 Å². The summed E-state index contributed by atoms with van der Waals surface area (Å²) in [4.78, 5) is 30.9. The van der Waals surface area contributed by atoms with E-state index in [1.807, 2.05) is 0 Å². The van der Waals surface area contributed by atoms with E-state index in [0.29, 0.717) is 23.3 Å². The molecule has 1 aromatic carbocycles. The first kappa shape index (κ1) is 23.6. The summed E-state index contributed by atoms with van der Waals surface area (Å²) in [6.45, 7) is 8.04. The van der Waals surface area contributed by atoms with Crippen molar-refractivity contribution in [3.8, 4) is 11.4 Å². The van der Waals surface area contributed by atoms with Crippen LogP contribution < -0.4 is 10.9 Å². The third-order valence-corrected chi connectivity index (χ3v) is 8.06. The number of carbonyl (C=O) groups excluding carboxylic acids is 1. The summed E-state index contributed by atoms with van der Waals surface area (Å²) in [5, 5.41) is 15.8. The number of pyridine rings is 2. The minimum Gasteiger partial charge on any atom is -0.458 e. The van der Waals surface area contributed by atoms with Crippen molar-refractivity contribution < 1.29 is 19.0 Å². The van der Waals surface area contributed by atoms with Crippen molar-refractivity contribution >= 4 is 28.5 Å². The molecule has 4 heterocycles. The van der Waals surface area contributed by atoms with E-state index in [2.05, 4.69) is 26.1 Å². The Bertz CT molecular complexity index is 1560. The summed E-state index contributed by atoms with van der Waals surface area (Å²) in [5.41, 5.74) is 2.25. The fourth-order valence-corrected chi connectivity index (χ4v) is 6.26. The van der Waals surface area contributed by atoms with E-state index in [9.17, 15) is 19.1 Å². The topological polar surface area (TPSA) is 93.5 Å². The molecule has 0 bridgehead atoms. The first-order chi connectivity index (χ1) is 16.9. The molecule has 0 saturated carbocycles. The van der Waals surface area contributed by atoms with E-state index in [1.54, 1.807) is 17.6 Å². The SMILES string of the molecule is CC[C@@]1(O)C(=O)OCc2c1cc1n(c2=O)Cc2c-1nc1cc(F)c(Cl)c3c1c2C(NC(C)(C)C)CC3. The number of halogens is 2. The molecule has 2 N–H and O–H groups in total. The third kappa shape index (κ3) is 3.14. The van der Waals surface area contributed by atoms with Gasteiger partial charge in [-0.15, -0.1) is 0 Å². The van der Waals surface area contributed by atoms with Gasteiger partial charge in [-0.05, 0) is 57.2 Å². The largest absolute Gasteiger partial charge is 0.458 e. The van der Waals surface area contributed by atoms with Crippen LogP contribution in [0.1, 0.15) is 74.4 Å². The molecular formula is C27H27ClFN3O4. The van der Waals surface area contributed by atoms with Crippen molar-refractivity contribution in [1.82, 2.24) is 14.9 Å². The lowest BCUT2D eigenvalue weighted by Crippen LogP contribution is -2.44. The molecule has 188 valence electrons. The summed E-state index contributed by atoms with van der Waals surface area (Å²) >= 11 is 6.42. The Hall–Kier alpha value is -2.81. The minimum absolute atomic E-state index is 0.0459. The number of benzene rings is 1. The Morgan fingerprint density at radius 3 is 2.72 bits per heavy atom. The van der Waals surface area contributed by atoms with Crippen LogP contribution in [0.15, 0.2) is 16.9 Å². The summed E-state index contributed by atoms with van der Waals surface area (Å²) in [5.74, 6) is -1.29. The first-order valence-electron chi connectivity index (χ1n) is 12.2. The monoisotopic (exact) mass is 511 g/mol. The van der Waals surface area contributed by atoms with E-state index in [-0.39, 0.29) is 52.9 Å². The van der Waals surface area contributed by atoms with Gasteiger partial charge in [0.05, 0.1) is 34.0 Å². The molecule has 2 atom stereocenters. The summed E-state index contributed by atoms with van der Waals surface area (Å²) in [6.07, 6.45) is 1.40. The van der Waals surface area contributed by atoms with Crippen LogP contribution in [0.3, 0.4) is 0 Å². The van der Waals surface area contributed by atoms with Gasteiger partial charge in [-0.25, -0.2) is 14.2 Å². The molecule has 1 aliphatic carbocycles. The van der Waals surface area contributed by atoms with Crippen molar-refractivity contribution in [1.29, 1.82) is 0 Å². The maximum atomic E-state index is 14.8. The number of aryl methyl sites for hydroxylation is 1. The smallest absolute Gasteiger partial charge is 0.343 e. The number of aliphatic hydroxyl groups is 1. The number of esters is 1. The molecule has 0 saturated heterocycles. The molecule has 36 heavy (non-hydrogen) atoms. The van der Waals surface area contributed by atoms with Crippen LogP contribution in [-0.2, 0) is 34.7 Å². The number of rotatable bonds is 2. The zero-order chi connectivity index (χ0) is 25.7. The molecule has 7 nitrogen and oxygen atoms in total. The van der Waals surface area contributed by atoms with Crippen molar-refractivity contribution in [3.05, 3.63) is 61.1 Å². The fraction of sp³-hybridized carbons (Fsp3) is 0.444. The van der Waals surface area contributed by atoms with Crippen LogP contribution in [0.5, 0.6) is 0 Å². The van der Waals surface area contributed by atoms with Crippen LogP contribution in [0.4, 0.5) is 4.39 Å². The van der Waals surface area contributed by atoms with Crippen LogP contribution in [-0.4, -0.2) is 26.2 Å². The lowest BCUT2D eigenvalue weighted by molar-refractivity contribution is -0.172. The Morgan fingerprint density at radius 2 is 2.03 bits per heavy atom. The molecule has 2 aromatic heterocycles. The van der Waals surface area contributed by atoms with Gasteiger partial charge in [-0.3, -0.25) is 4.79 Å². The highest BCUT2D eigenvalue weighted by Gasteiger charge is 2.46. The van der Waals surface area contributed by atoms with Gasteiger partial charge < -0.3 is 19.7 Å². The predicted molar refractivity (Wildman–Crippen MR) is 133 cm³/mol. The van der Waals surface area contributed by atoms with Crippen molar-refractivity contribution in [2.24, 2.45) is 0 Å². The van der Waals surface area contributed by atoms with Gasteiger partial charge in [0.15, 0.2) is 5.60 Å². The van der Waals surface area contributed by atoms with E-state index in [4.69, 9.17) is 21.3 Å². The molecule has 0 fully saturated rings. The zero-order valence-corrected chi connectivity index (χ0v) is 21.3. The molecule has 3 aromatic rings. The Labute approximate surface area is 212 Å². The first-order valence-corrected chi connectivity index (χ1v) is 12.6. The van der Waals surface area contributed by atoms with Gasteiger partial charge >= 0.3 is 5.97 Å². The van der Waals surface area contributed by atoms with Crippen LogP contribution in [0, 0.1) is 5.82 Å². The van der Waals surface area contributed by atoms with Gasteiger partial charge in [-0.2, -0.15) is 0 Å². The average molecular weight is 512 g/mol. The second kappa shape index (κ2) is 7.60. The highest BCUT2D eigenvalue weighted by molar-refractivity contribution is 6.32. The van der Waals surface area contributed by atoms with E-state index >= 15 is 0 Å². The number of nitrogens with one attached hydrogen (secondary N) is 1. The molecule has 0 radical (unpaired) electrons. The molecule has 0 spiro atoms. The maximum Gasteiger partial charge on any atom is 0.343 e. The fourth-order valence-electron chi connectivity index (χ4n) is 6.02. The normalized spacial score (nSPS) is 22.3. The lowest BCUT2D eigenvalue weighted by atomic mass is 9.82. The molecule has 9 heteroatoms. The van der Waals surface area contributed by atoms with Gasteiger partial charge in [0.2, 0.25) is 0 Å². The van der Waals surface area contributed by atoms with E-state index in [1.165, 1.54) is 6.07 Å². The van der Waals surface area contributed by atoms with Crippen LogP contribution in [0.2, 0.25) is 5.02 Å². The number of fused-ring (bicyclic) bond motifs is 5. The lowest BCUT2D eigenvalue weighted by Gasteiger charge is -2.34. The van der Waals surface area contributed by atoms with Crippen LogP contribution >= 0.6 is 11.6 Å². The van der Waals surface area contributed by atoms with E-state index in [0.717, 1.165) is 28.5 Å². The average Bonchev–Trinajstić information content (AvgIpc) is 3.18. The Morgan fingerprint density at radius 1 is 1.28 bits per heavy atom. The standard InChI is InChI=1S/C27H27ClFN3O4/c1-5-27(35)15-8-19-23-13(10-32(19)24(33)14(15)11-36-25(27)34)21-17(31-26(2,3)4)7-6-12-20(21)18(30-23)9-16(29)22(12)28/h8-9,17,31,35H,5-7,10-11H2,1-4H3/t17?,27-/m0/s1. The highest BCUT2D eigenvalue weighted by Crippen LogP contribution is 2.47. The summed E-state index contributed by atoms with van der Waals surface area (Å²) in [6, 6.07) is 2.99. The third-order valence-electron chi connectivity index (χ3n) is 7.65. The predicted octanol–water partition coefficient (Wildman–Crippen LogP) is 4.25. The van der Waals surface area contributed by atoms with Gasteiger partial charge in [0.1, 0.15) is 12.4 Å². The molecule has 3 aliphatic rings. The number of hydrogen-bond donors (Lipinski definition) is 2. The second-order valence-electron chi connectivity index (χ2n) is 11.0. The van der Waals surface area contributed by atoms with E-state index < -0.39 is 17.4 Å². The summed E-state index contributed by atoms with van der Waals surface area (Å²) in [7, 11) is 0. The molecule has 2 aliphatic heterocycles. The van der Waals surface area contributed by atoms with Crippen molar-refractivity contribution in [2.45, 2.75) is 77.3 Å². The van der Waals surface area contributed by atoms with Gasteiger partial charge in [0, 0.05) is 34.2 Å². The maximum absolute atomic E-state index is 14.8. The Kier molecular flexibility index (Phi) is 4.98. The number of carbonyl (C=O) groups is 1. The van der Waals surface area contributed by atoms with Gasteiger partial charge in [-0.1, -0.05) is 18.5 Å².